The lowest BCUT2D eigenvalue weighted by molar-refractivity contribution is -0.122. The zero-order valence-corrected chi connectivity index (χ0v) is 16.4. The van der Waals surface area contributed by atoms with Gasteiger partial charge in [-0.05, 0) is 44.0 Å². The van der Waals surface area contributed by atoms with Gasteiger partial charge in [-0.25, -0.2) is 0 Å². The van der Waals surface area contributed by atoms with Crippen molar-refractivity contribution in [3.8, 4) is 5.75 Å². The van der Waals surface area contributed by atoms with Crippen LogP contribution in [0.2, 0.25) is 0 Å². The molecule has 0 fully saturated rings. The van der Waals surface area contributed by atoms with Crippen molar-refractivity contribution >= 4 is 17.5 Å². The van der Waals surface area contributed by atoms with Gasteiger partial charge in [-0.15, -0.1) is 0 Å². The standard InChI is InChI=1S/C22H28N2O4/c1-3-20(28-17-11-6-5-7-12-17)22(26)24-19-14-9-8-13-18(19)21(25)23-15-10-16-27-4-2/h5-9,11-14,20H,3-4,10,15-16H2,1-2H3,(H,23,25)(H,24,26). The molecule has 1 unspecified atom stereocenters. The van der Waals surface area contributed by atoms with Crippen molar-refractivity contribution in [1.82, 2.24) is 5.32 Å². The van der Waals surface area contributed by atoms with Gasteiger partial charge >= 0.3 is 0 Å². The molecule has 0 aliphatic carbocycles. The van der Waals surface area contributed by atoms with Gasteiger partial charge < -0.3 is 20.1 Å². The molecule has 0 radical (unpaired) electrons. The van der Waals surface area contributed by atoms with Gasteiger partial charge in [0.1, 0.15) is 5.75 Å². The van der Waals surface area contributed by atoms with Crippen LogP contribution in [0.4, 0.5) is 5.69 Å². The minimum absolute atomic E-state index is 0.232. The van der Waals surface area contributed by atoms with Crippen LogP contribution >= 0.6 is 0 Å². The van der Waals surface area contributed by atoms with Crippen molar-refractivity contribution in [2.45, 2.75) is 32.8 Å². The molecule has 0 aliphatic rings. The number of amides is 2. The van der Waals surface area contributed by atoms with E-state index in [-0.39, 0.29) is 11.8 Å². The molecule has 2 rings (SSSR count). The monoisotopic (exact) mass is 384 g/mol. The molecule has 6 heteroatoms. The Morgan fingerprint density at radius 1 is 1.00 bits per heavy atom. The number of anilines is 1. The van der Waals surface area contributed by atoms with Crippen LogP contribution in [-0.2, 0) is 9.53 Å². The predicted molar refractivity (Wildman–Crippen MR) is 110 cm³/mol. The van der Waals surface area contributed by atoms with Gasteiger partial charge in [0.05, 0.1) is 11.3 Å². The van der Waals surface area contributed by atoms with Gasteiger partial charge in [0.15, 0.2) is 6.10 Å². The average Bonchev–Trinajstić information content (AvgIpc) is 2.72. The zero-order chi connectivity index (χ0) is 20.2. The zero-order valence-electron chi connectivity index (χ0n) is 16.4. The van der Waals surface area contributed by atoms with Crippen LogP contribution in [-0.4, -0.2) is 37.7 Å². The SMILES string of the molecule is CCOCCCNC(=O)c1ccccc1NC(=O)C(CC)Oc1ccccc1. The van der Waals surface area contributed by atoms with Gasteiger partial charge in [-0.2, -0.15) is 0 Å². The van der Waals surface area contributed by atoms with E-state index < -0.39 is 6.10 Å². The smallest absolute Gasteiger partial charge is 0.265 e. The van der Waals surface area contributed by atoms with E-state index in [0.29, 0.717) is 43.2 Å². The van der Waals surface area contributed by atoms with E-state index in [1.165, 1.54) is 0 Å². The van der Waals surface area contributed by atoms with Crippen LogP contribution in [0.5, 0.6) is 5.75 Å². The van der Waals surface area contributed by atoms with Crippen molar-refractivity contribution < 1.29 is 19.1 Å². The molecule has 2 N–H and O–H groups in total. The van der Waals surface area contributed by atoms with Gasteiger partial charge in [-0.3, -0.25) is 9.59 Å². The molecule has 6 nitrogen and oxygen atoms in total. The Morgan fingerprint density at radius 2 is 1.71 bits per heavy atom. The van der Waals surface area contributed by atoms with Crippen molar-refractivity contribution in [2.75, 3.05) is 25.1 Å². The highest BCUT2D eigenvalue weighted by Crippen LogP contribution is 2.18. The molecule has 2 aromatic rings. The second kappa shape index (κ2) is 11.8. The summed E-state index contributed by atoms with van der Waals surface area (Å²) in [6.07, 6.45) is 0.591. The molecule has 28 heavy (non-hydrogen) atoms. The number of rotatable bonds is 11. The van der Waals surface area contributed by atoms with E-state index in [0.717, 1.165) is 6.42 Å². The summed E-state index contributed by atoms with van der Waals surface area (Å²) in [6, 6.07) is 16.1. The third-order valence-electron chi connectivity index (χ3n) is 4.07. The Labute approximate surface area is 166 Å². The fourth-order valence-corrected chi connectivity index (χ4v) is 2.60. The fourth-order valence-electron chi connectivity index (χ4n) is 2.60. The van der Waals surface area contributed by atoms with E-state index in [1.807, 2.05) is 32.0 Å². The number of carbonyl (C=O) groups is 2. The maximum atomic E-state index is 12.7. The van der Waals surface area contributed by atoms with Crippen LogP contribution < -0.4 is 15.4 Å². The van der Waals surface area contributed by atoms with E-state index in [9.17, 15) is 9.59 Å². The highest BCUT2D eigenvalue weighted by Gasteiger charge is 2.20. The summed E-state index contributed by atoms with van der Waals surface area (Å²) in [5.74, 6) is 0.109. The lowest BCUT2D eigenvalue weighted by atomic mass is 10.1. The fraction of sp³-hybridized carbons (Fsp3) is 0.364. The molecule has 0 aliphatic heterocycles. The molecular formula is C22H28N2O4. The van der Waals surface area contributed by atoms with E-state index in [1.54, 1.807) is 36.4 Å². The molecule has 2 aromatic carbocycles. The Hall–Kier alpha value is -2.86. The van der Waals surface area contributed by atoms with Crippen LogP contribution in [0.1, 0.15) is 37.0 Å². The number of nitrogens with one attached hydrogen (secondary N) is 2. The van der Waals surface area contributed by atoms with Gasteiger partial charge in [0, 0.05) is 19.8 Å². The van der Waals surface area contributed by atoms with E-state index >= 15 is 0 Å². The van der Waals surface area contributed by atoms with Crippen molar-refractivity contribution in [3.63, 3.8) is 0 Å². The van der Waals surface area contributed by atoms with Gasteiger partial charge in [0.25, 0.3) is 11.8 Å². The molecule has 0 heterocycles. The number of benzene rings is 2. The van der Waals surface area contributed by atoms with Crippen molar-refractivity contribution in [2.24, 2.45) is 0 Å². The van der Waals surface area contributed by atoms with Crippen LogP contribution in [0.15, 0.2) is 54.6 Å². The second-order valence-corrected chi connectivity index (χ2v) is 6.17. The summed E-state index contributed by atoms with van der Waals surface area (Å²) in [5.41, 5.74) is 0.881. The minimum atomic E-state index is -0.648. The first-order valence-electron chi connectivity index (χ1n) is 9.63. The predicted octanol–water partition coefficient (Wildman–Crippen LogP) is 3.64. The Bertz CT molecular complexity index is 749. The molecule has 0 spiro atoms. The number of carbonyl (C=O) groups excluding carboxylic acids is 2. The summed E-state index contributed by atoms with van der Waals surface area (Å²) in [7, 11) is 0. The minimum Gasteiger partial charge on any atom is -0.481 e. The largest absolute Gasteiger partial charge is 0.481 e. The number of hydrogen-bond donors (Lipinski definition) is 2. The Kier molecular flexibility index (Phi) is 9.01. The first-order valence-corrected chi connectivity index (χ1v) is 9.63. The molecule has 2 amide bonds. The Morgan fingerprint density at radius 3 is 2.43 bits per heavy atom. The summed E-state index contributed by atoms with van der Waals surface area (Å²) < 4.78 is 11.0. The lowest BCUT2D eigenvalue weighted by Crippen LogP contribution is -2.33. The van der Waals surface area contributed by atoms with Crippen LogP contribution in [0, 0.1) is 0 Å². The maximum Gasteiger partial charge on any atom is 0.265 e. The normalized spacial score (nSPS) is 11.5. The number of para-hydroxylation sites is 2. The first kappa shape index (κ1) is 21.4. The second-order valence-electron chi connectivity index (χ2n) is 6.17. The highest BCUT2D eigenvalue weighted by molar-refractivity contribution is 6.04. The van der Waals surface area contributed by atoms with Crippen molar-refractivity contribution in [1.29, 1.82) is 0 Å². The topological polar surface area (TPSA) is 76.7 Å². The average molecular weight is 384 g/mol. The van der Waals surface area contributed by atoms with E-state index in [4.69, 9.17) is 9.47 Å². The molecule has 0 aromatic heterocycles. The first-order chi connectivity index (χ1) is 13.7. The number of ether oxygens (including phenoxy) is 2. The summed E-state index contributed by atoms with van der Waals surface area (Å²) >= 11 is 0. The highest BCUT2D eigenvalue weighted by atomic mass is 16.5. The maximum absolute atomic E-state index is 12.7. The summed E-state index contributed by atoms with van der Waals surface area (Å²) in [6.45, 7) is 5.58. The molecular weight excluding hydrogens is 356 g/mol. The summed E-state index contributed by atoms with van der Waals surface area (Å²) in [5, 5.41) is 5.68. The molecule has 0 saturated carbocycles. The molecule has 0 saturated heterocycles. The van der Waals surface area contributed by atoms with Gasteiger partial charge in [-0.1, -0.05) is 37.3 Å². The third kappa shape index (κ3) is 6.70. The summed E-state index contributed by atoms with van der Waals surface area (Å²) in [4.78, 5) is 25.1. The Balaban J connectivity index is 1.98. The molecule has 0 bridgehead atoms. The van der Waals surface area contributed by atoms with Crippen LogP contribution in [0.25, 0.3) is 0 Å². The molecule has 150 valence electrons. The third-order valence-corrected chi connectivity index (χ3v) is 4.07. The van der Waals surface area contributed by atoms with Crippen LogP contribution in [0.3, 0.4) is 0 Å². The number of hydrogen-bond acceptors (Lipinski definition) is 4. The van der Waals surface area contributed by atoms with Gasteiger partial charge in [0.2, 0.25) is 0 Å². The lowest BCUT2D eigenvalue weighted by Gasteiger charge is -2.18. The van der Waals surface area contributed by atoms with E-state index in [2.05, 4.69) is 10.6 Å². The molecule has 1 atom stereocenters. The quantitative estimate of drug-likeness (QED) is 0.580. The van der Waals surface area contributed by atoms with Crippen molar-refractivity contribution in [3.05, 3.63) is 60.2 Å².